The molecule has 0 bridgehead atoms. The van der Waals surface area contributed by atoms with Gasteiger partial charge in [0, 0.05) is 43.8 Å². The molecule has 2 rings (SSSR count). The smallest absolute Gasteiger partial charge is 0.279 e. The van der Waals surface area contributed by atoms with Crippen LogP contribution in [-0.4, -0.2) is 52.7 Å². The number of nitrogens with zero attached hydrogens (tertiary/aromatic N) is 1. The van der Waals surface area contributed by atoms with Crippen molar-refractivity contribution in [2.24, 2.45) is 0 Å². The van der Waals surface area contributed by atoms with E-state index in [-0.39, 0.29) is 5.41 Å². The average Bonchev–Trinajstić information content (AvgIpc) is 2.61. The lowest BCUT2D eigenvalue weighted by atomic mass is 9.73. The molecule has 7 heteroatoms. The maximum Gasteiger partial charge on any atom is 0.279 e. The van der Waals surface area contributed by atoms with Crippen molar-refractivity contribution in [1.29, 1.82) is 0 Å². The molecule has 0 unspecified atom stereocenters. The summed E-state index contributed by atoms with van der Waals surface area (Å²) in [4.78, 5) is 0. The summed E-state index contributed by atoms with van der Waals surface area (Å²) in [6.07, 6.45) is 1.52. The molecule has 1 aromatic carbocycles. The number of hydrogen-bond acceptors (Lipinski definition) is 4. The molecule has 1 N–H and O–H groups in total. The standard InChI is InChI=1S/C18H30N2O4S/c1-5-20(6-2)25(21,22)19-14-18(9-11-24-12-10-18)16-13-15(3)7-8-17(16)23-4/h7-8,13,19H,5-6,9-12,14H2,1-4H3. The molecular formula is C18H30N2O4S. The highest BCUT2D eigenvalue weighted by Crippen LogP contribution is 2.40. The van der Waals surface area contributed by atoms with Crippen molar-refractivity contribution < 1.29 is 17.9 Å². The van der Waals surface area contributed by atoms with Crippen LogP contribution in [0.4, 0.5) is 0 Å². The molecule has 0 spiro atoms. The van der Waals surface area contributed by atoms with Gasteiger partial charge in [-0.15, -0.1) is 0 Å². The monoisotopic (exact) mass is 370 g/mol. The largest absolute Gasteiger partial charge is 0.496 e. The van der Waals surface area contributed by atoms with Crippen LogP contribution in [0.2, 0.25) is 0 Å². The van der Waals surface area contributed by atoms with Crippen LogP contribution in [-0.2, 0) is 20.4 Å². The lowest BCUT2D eigenvalue weighted by molar-refractivity contribution is 0.0507. The van der Waals surface area contributed by atoms with Crippen LogP contribution >= 0.6 is 0 Å². The van der Waals surface area contributed by atoms with Gasteiger partial charge in [-0.2, -0.15) is 12.7 Å². The van der Waals surface area contributed by atoms with E-state index in [0.29, 0.717) is 32.8 Å². The van der Waals surface area contributed by atoms with Gasteiger partial charge in [-0.25, -0.2) is 4.72 Å². The summed E-state index contributed by atoms with van der Waals surface area (Å²) in [5.74, 6) is 0.800. The topological polar surface area (TPSA) is 67.9 Å². The van der Waals surface area contributed by atoms with Gasteiger partial charge >= 0.3 is 0 Å². The van der Waals surface area contributed by atoms with E-state index in [1.165, 1.54) is 4.31 Å². The van der Waals surface area contributed by atoms with Gasteiger partial charge in [0.1, 0.15) is 5.75 Å². The molecule has 0 amide bonds. The number of methoxy groups -OCH3 is 1. The van der Waals surface area contributed by atoms with E-state index in [1.54, 1.807) is 7.11 Å². The maximum atomic E-state index is 12.6. The Morgan fingerprint density at radius 3 is 2.44 bits per heavy atom. The molecule has 0 aliphatic carbocycles. The SMILES string of the molecule is CCN(CC)S(=O)(=O)NCC1(c2cc(C)ccc2OC)CCOCC1. The van der Waals surface area contributed by atoms with Crippen molar-refractivity contribution in [3.05, 3.63) is 29.3 Å². The average molecular weight is 371 g/mol. The highest BCUT2D eigenvalue weighted by Gasteiger charge is 2.38. The van der Waals surface area contributed by atoms with Crippen LogP contribution in [0.1, 0.15) is 37.8 Å². The molecule has 1 aliphatic rings. The fourth-order valence-corrected chi connectivity index (χ4v) is 4.75. The second-order valence-electron chi connectivity index (χ2n) is 6.51. The van der Waals surface area contributed by atoms with E-state index < -0.39 is 10.2 Å². The highest BCUT2D eigenvalue weighted by atomic mass is 32.2. The number of ether oxygens (including phenoxy) is 2. The highest BCUT2D eigenvalue weighted by molar-refractivity contribution is 7.87. The Balaban J connectivity index is 2.35. The Bertz CT molecular complexity index is 666. The van der Waals surface area contributed by atoms with E-state index in [0.717, 1.165) is 29.7 Å². The van der Waals surface area contributed by atoms with E-state index >= 15 is 0 Å². The Labute approximate surface area is 151 Å². The Hall–Kier alpha value is -1.15. The molecule has 142 valence electrons. The third kappa shape index (κ3) is 4.53. The van der Waals surface area contributed by atoms with Crippen LogP contribution in [0.15, 0.2) is 18.2 Å². The third-order valence-corrected chi connectivity index (χ3v) is 6.72. The van der Waals surface area contributed by atoms with Crippen molar-refractivity contribution in [2.75, 3.05) is 40.0 Å². The Morgan fingerprint density at radius 2 is 1.88 bits per heavy atom. The van der Waals surface area contributed by atoms with Crippen molar-refractivity contribution in [1.82, 2.24) is 9.03 Å². The van der Waals surface area contributed by atoms with Crippen LogP contribution < -0.4 is 9.46 Å². The summed E-state index contributed by atoms with van der Waals surface area (Å²) in [7, 11) is -1.84. The van der Waals surface area contributed by atoms with Crippen LogP contribution in [0.3, 0.4) is 0 Å². The van der Waals surface area contributed by atoms with E-state index in [9.17, 15) is 8.42 Å². The summed E-state index contributed by atoms with van der Waals surface area (Å²) < 4.78 is 40.5. The zero-order valence-corrected chi connectivity index (χ0v) is 16.5. The van der Waals surface area contributed by atoms with Crippen molar-refractivity contribution in [2.45, 2.75) is 39.0 Å². The molecule has 1 aliphatic heterocycles. The van der Waals surface area contributed by atoms with Gasteiger partial charge in [0.25, 0.3) is 10.2 Å². The summed E-state index contributed by atoms with van der Waals surface area (Å²) in [6, 6.07) is 6.08. The minimum atomic E-state index is -3.50. The van der Waals surface area contributed by atoms with E-state index in [2.05, 4.69) is 10.8 Å². The fraction of sp³-hybridized carbons (Fsp3) is 0.667. The minimum Gasteiger partial charge on any atom is -0.496 e. The summed E-state index contributed by atoms with van der Waals surface area (Å²) in [6.45, 7) is 8.21. The molecule has 6 nitrogen and oxygen atoms in total. The molecule has 0 aromatic heterocycles. The first-order chi connectivity index (χ1) is 11.9. The molecule has 1 fully saturated rings. The predicted molar refractivity (Wildman–Crippen MR) is 99.3 cm³/mol. The summed E-state index contributed by atoms with van der Waals surface area (Å²) in [5.41, 5.74) is 1.87. The van der Waals surface area contributed by atoms with Gasteiger partial charge in [0.2, 0.25) is 0 Å². The Kier molecular flexibility index (Phi) is 6.85. The minimum absolute atomic E-state index is 0.324. The number of benzene rings is 1. The van der Waals surface area contributed by atoms with Gasteiger partial charge in [-0.1, -0.05) is 31.5 Å². The molecule has 1 heterocycles. The van der Waals surface area contributed by atoms with Gasteiger partial charge in [-0.3, -0.25) is 0 Å². The molecule has 25 heavy (non-hydrogen) atoms. The number of hydrogen-bond donors (Lipinski definition) is 1. The van der Waals surface area contributed by atoms with Gasteiger partial charge in [0.15, 0.2) is 0 Å². The first-order valence-electron chi connectivity index (χ1n) is 8.86. The molecule has 1 aromatic rings. The zero-order chi connectivity index (χ0) is 18.5. The second kappa shape index (κ2) is 8.49. The van der Waals surface area contributed by atoms with Gasteiger partial charge in [0.05, 0.1) is 7.11 Å². The first kappa shape index (κ1) is 20.2. The lowest BCUT2D eigenvalue weighted by Gasteiger charge is -2.39. The third-order valence-electron chi connectivity index (χ3n) is 5.01. The normalized spacial score (nSPS) is 17.6. The summed E-state index contributed by atoms with van der Waals surface area (Å²) in [5, 5.41) is 0. The van der Waals surface area contributed by atoms with Crippen molar-refractivity contribution in [3.8, 4) is 5.75 Å². The number of nitrogens with one attached hydrogen (secondary N) is 1. The fourth-order valence-electron chi connectivity index (χ4n) is 3.42. The molecule has 1 saturated heterocycles. The van der Waals surface area contributed by atoms with Crippen molar-refractivity contribution in [3.63, 3.8) is 0 Å². The Morgan fingerprint density at radius 1 is 1.24 bits per heavy atom. The van der Waals surface area contributed by atoms with E-state index in [1.807, 2.05) is 32.9 Å². The van der Waals surface area contributed by atoms with Gasteiger partial charge in [-0.05, 0) is 25.8 Å². The molecular weight excluding hydrogens is 340 g/mol. The number of aryl methyl sites for hydroxylation is 1. The molecule has 0 radical (unpaired) electrons. The maximum absolute atomic E-state index is 12.6. The molecule has 0 atom stereocenters. The second-order valence-corrected chi connectivity index (χ2v) is 8.26. The van der Waals surface area contributed by atoms with Crippen molar-refractivity contribution >= 4 is 10.2 Å². The van der Waals surface area contributed by atoms with Crippen LogP contribution in [0.5, 0.6) is 5.75 Å². The number of rotatable bonds is 8. The summed E-state index contributed by atoms with van der Waals surface area (Å²) >= 11 is 0. The molecule has 0 saturated carbocycles. The van der Waals surface area contributed by atoms with Gasteiger partial charge < -0.3 is 9.47 Å². The van der Waals surface area contributed by atoms with Crippen LogP contribution in [0, 0.1) is 6.92 Å². The van der Waals surface area contributed by atoms with E-state index in [4.69, 9.17) is 9.47 Å². The lowest BCUT2D eigenvalue weighted by Crippen LogP contribution is -2.49. The predicted octanol–water partition coefficient (Wildman–Crippen LogP) is 2.23. The zero-order valence-electron chi connectivity index (χ0n) is 15.7. The van der Waals surface area contributed by atoms with Crippen LogP contribution in [0.25, 0.3) is 0 Å². The quantitative estimate of drug-likeness (QED) is 0.762. The first-order valence-corrected chi connectivity index (χ1v) is 10.3.